The van der Waals surface area contributed by atoms with Crippen LogP contribution >= 0.6 is 91.0 Å². The molecule has 0 nitrogen and oxygen atoms in total. The second kappa shape index (κ2) is 3.40. The highest BCUT2D eigenvalue weighted by Gasteiger charge is 2.43. The molecule has 0 aliphatic carbocycles. The molecule has 0 aromatic heterocycles. The molecule has 0 heterocycles. The van der Waals surface area contributed by atoms with E-state index in [0.29, 0.717) is 0 Å². The quantitative estimate of drug-likeness (QED) is 0.381. The number of alkyl halides is 6. The van der Waals surface area contributed by atoms with Crippen molar-refractivity contribution in [3.05, 3.63) is 0 Å². The van der Waals surface area contributed by atoms with Gasteiger partial charge in [-0.1, -0.05) is 23.2 Å². The molecule has 50 valence electrons. The molecule has 0 spiro atoms. The van der Waals surface area contributed by atoms with E-state index < -0.39 is 4.02 Å². The average Bonchev–Trinajstić information content (AvgIpc) is 1.25. The maximum atomic E-state index is 12.6. The molecule has 0 bridgehead atoms. The molecule has 0 fully saturated rings. The highest BCUT2D eigenvalue weighted by molar-refractivity contribution is 14.2. The summed E-state index contributed by atoms with van der Waals surface area (Å²) in [6.45, 7) is 0. The minimum absolute atomic E-state index is 1.34. The zero-order valence-corrected chi connectivity index (χ0v) is 11.3. The molecule has 6 heteroatoms. The third-order valence-corrected chi connectivity index (χ3v) is 6.54. The minimum atomic E-state index is -1.60. The summed E-state index contributed by atoms with van der Waals surface area (Å²) >= 11 is 15.4. The standard InChI is InChI=1S/C2Cl2FI3/c3-1(4,6)2(5,7)8. The second-order valence-electron chi connectivity index (χ2n) is 0.996. The van der Waals surface area contributed by atoms with Gasteiger partial charge in [0, 0.05) is 0 Å². The van der Waals surface area contributed by atoms with E-state index in [1.54, 1.807) is 22.6 Å². The van der Waals surface area contributed by atoms with E-state index in [9.17, 15) is 4.39 Å². The van der Waals surface area contributed by atoms with Crippen LogP contribution in [0.1, 0.15) is 0 Å². The SMILES string of the molecule is FC(I)(I)C(Cl)(Cl)I. The van der Waals surface area contributed by atoms with E-state index in [1.165, 1.54) is 45.2 Å². The summed E-state index contributed by atoms with van der Waals surface area (Å²) in [7, 11) is 0. The van der Waals surface area contributed by atoms with Gasteiger partial charge in [-0.05, 0) is 67.8 Å². The number of hydrogen-bond donors (Lipinski definition) is 0. The predicted octanol–water partition coefficient (Wildman–Crippen LogP) is 4.05. The summed E-state index contributed by atoms with van der Waals surface area (Å²) in [4.78, 5) is 0. The third kappa shape index (κ3) is 3.77. The largest absolute Gasteiger partial charge is 0.252 e. The zero-order valence-electron chi connectivity index (χ0n) is 3.27. The molecule has 0 N–H and O–H groups in total. The van der Waals surface area contributed by atoms with E-state index in [4.69, 9.17) is 23.2 Å². The Balaban J connectivity index is 4.02. The summed E-state index contributed by atoms with van der Waals surface area (Å²) in [5, 5.41) is 0. The van der Waals surface area contributed by atoms with Crippen LogP contribution in [-0.2, 0) is 0 Å². The zero-order chi connectivity index (χ0) is 7.00. The summed E-state index contributed by atoms with van der Waals surface area (Å²) in [6, 6.07) is 0. The van der Waals surface area contributed by atoms with Crippen molar-refractivity contribution in [1.82, 2.24) is 0 Å². The van der Waals surface area contributed by atoms with Crippen LogP contribution in [0.2, 0.25) is 0 Å². The summed E-state index contributed by atoms with van der Waals surface area (Å²) in [5.74, 6) is 0. The van der Waals surface area contributed by atoms with Gasteiger partial charge in [0.2, 0.25) is 2.34 Å². The summed E-state index contributed by atoms with van der Waals surface area (Å²) in [5.41, 5.74) is 0. The van der Waals surface area contributed by atoms with E-state index in [0.717, 1.165) is 0 Å². The molecule has 0 saturated heterocycles. The monoisotopic (exact) mass is 494 g/mol. The summed E-state index contributed by atoms with van der Waals surface area (Å²) in [6.07, 6.45) is 0. The molecule has 0 aliphatic heterocycles. The Labute approximate surface area is 97.7 Å². The lowest BCUT2D eigenvalue weighted by Gasteiger charge is -2.19. The van der Waals surface area contributed by atoms with Crippen LogP contribution in [0.3, 0.4) is 0 Å². The van der Waals surface area contributed by atoms with Gasteiger partial charge in [0.15, 0.2) is 0 Å². The Morgan fingerprint density at radius 3 is 1.25 bits per heavy atom. The van der Waals surface area contributed by atoms with Crippen molar-refractivity contribution in [2.24, 2.45) is 0 Å². The van der Waals surface area contributed by atoms with Gasteiger partial charge in [-0.3, -0.25) is 0 Å². The molecule has 0 radical (unpaired) electrons. The molecule has 0 aromatic rings. The van der Waals surface area contributed by atoms with Gasteiger partial charge >= 0.3 is 0 Å². The number of halogens is 6. The first-order valence-electron chi connectivity index (χ1n) is 1.38. The second-order valence-corrected chi connectivity index (χ2v) is 10.3. The number of rotatable bonds is 1. The highest BCUT2D eigenvalue weighted by atomic mass is 127. The normalized spacial score (nSPS) is 14.2. The molecular weight excluding hydrogens is 495 g/mol. The topological polar surface area (TPSA) is 0 Å². The van der Waals surface area contributed by atoms with Crippen LogP contribution in [0.4, 0.5) is 4.39 Å². The molecule has 0 saturated carbocycles. The lowest BCUT2D eigenvalue weighted by molar-refractivity contribution is 0.469. The molecule has 0 aliphatic rings. The van der Waals surface area contributed by atoms with Crippen molar-refractivity contribution in [3.8, 4) is 0 Å². The van der Waals surface area contributed by atoms with Crippen LogP contribution in [0.15, 0.2) is 0 Å². The highest BCUT2D eigenvalue weighted by Crippen LogP contribution is 2.51. The van der Waals surface area contributed by atoms with Crippen molar-refractivity contribution >= 4 is 91.0 Å². The van der Waals surface area contributed by atoms with E-state index >= 15 is 0 Å². The molecule has 0 amide bonds. The van der Waals surface area contributed by atoms with Crippen LogP contribution in [0.5, 0.6) is 0 Å². The Bertz CT molecular complexity index is 70.3. The smallest absolute Gasteiger partial charge is 0.216 e. The van der Waals surface area contributed by atoms with Gasteiger partial charge in [-0.15, -0.1) is 0 Å². The Kier molecular flexibility index (Phi) is 4.54. The molecule has 0 aromatic carbocycles. The van der Waals surface area contributed by atoms with Crippen molar-refractivity contribution < 1.29 is 4.39 Å². The maximum absolute atomic E-state index is 12.6. The fourth-order valence-corrected chi connectivity index (χ4v) is 0. The average molecular weight is 495 g/mol. The van der Waals surface area contributed by atoms with Crippen molar-refractivity contribution in [3.63, 3.8) is 0 Å². The lowest BCUT2D eigenvalue weighted by atomic mass is 10.9. The first kappa shape index (κ1) is 10.7. The van der Waals surface area contributed by atoms with E-state index in [-0.39, 0.29) is 0 Å². The first-order chi connectivity index (χ1) is 3.25. The Morgan fingerprint density at radius 2 is 1.25 bits per heavy atom. The maximum Gasteiger partial charge on any atom is 0.252 e. The van der Waals surface area contributed by atoms with Gasteiger partial charge < -0.3 is 0 Å². The van der Waals surface area contributed by atoms with Crippen LogP contribution in [0.25, 0.3) is 0 Å². The van der Waals surface area contributed by atoms with Crippen molar-refractivity contribution in [2.45, 2.75) is 4.02 Å². The van der Waals surface area contributed by atoms with Gasteiger partial charge in [0.1, 0.15) is 0 Å². The van der Waals surface area contributed by atoms with Gasteiger partial charge in [0.05, 0.1) is 0 Å². The third-order valence-electron chi connectivity index (χ3n) is 0.321. The number of hydrogen-bond acceptors (Lipinski definition) is 0. The molecular formula is C2Cl2FI3. The molecule has 8 heavy (non-hydrogen) atoms. The predicted molar refractivity (Wildman–Crippen MR) is 60.3 cm³/mol. The molecule has 0 unspecified atom stereocenters. The molecule has 0 atom stereocenters. The van der Waals surface area contributed by atoms with E-state index in [2.05, 4.69) is 0 Å². The van der Waals surface area contributed by atoms with Crippen LogP contribution in [-0.4, -0.2) is 4.02 Å². The van der Waals surface area contributed by atoms with Crippen molar-refractivity contribution in [2.75, 3.05) is 0 Å². The van der Waals surface area contributed by atoms with Crippen LogP contribution in [0, 0.1) is 0 Å². The van der Waals surface area contributed by atoms with Crippen LogP contribution < -0.4 is 0 Å². The van der Waals surface area contributed by atoms with Gasteiger partial charge in [-0.2, -0.15) is 0 Å². The van der Waals surface area contributed by atoms with Gasteiger partial charge in [-0.25, -0.2) is 4.39 Å². The molecule has 0 rings (SSSR count). The fraction of sp³-hybridized carbons (Fsp3) is 1.00. The Morgan fingerprint density at radius 1 is 1.12 bits per heavy atom. The summed E-state index contributed by atoms with van der Waals surface area (Å²) < 4.78 is 9.65. The first-order valence-corrected chi connectivity index (χ1v) is 5.38. The van der Waals surface area contributed by atoms with Crippen molar-refractivity contribution in [1.29, 1.82) is 0 Å². The Hall–Kier alpha value is 2.70. The van der Waals surface area contributed by atoms with E-state index in [1.807, 2.05) is 0 Å². The minimum Gasteiger partial charge on any atom is -0.216 e. The van der Waals surface area contributed by atoms with Gasteiger partial charge in [0.25, 0.3) is 1.68 Å². The lowest BCUT2D eigenvalue weighted by Crippen LogP contribution is -2.22. The fourth-order valence-electron chi connectivity index (χ4n) is 0.